The first kappa shape index (κ1) is 16.2. The zero-order valence-electron chi connectivity index (χ0n) is 13.5. The summed E-state index contributed by atoms with van der Waals surface area (Å²) in [7, 11) is 0. The highest BCUT2D eigenvalue weighted by molar-refractivity contribution is 5.81. The summed E-state index contributed by atoms with van der Waals surface area (Å²) in [6.45, 7) is 1.33. The summed E-state index contributed by atoms with van der Waals surface area (Å²) in [5.74, 6) is 0.371. The second-order valence-electron chi connectivity index (χ2n) is 6.93. The number of hydrogen-bond donors (Lipinski definition) is 2. The number of likely N-dealkylation sites (tertiary alicyclic amines) is 1. The minimum absolute atomic E-state index is 0.0753. The summed E-state index contributed by atoms with van der Waals surface area (Å²) in [6, 6.07) is 3.60. The van der Waals surface area contributed by atoms with Gasteiger partial charge in [0.2, 0.25) is 5.56 Å². The predicted octanol–water partition coefficient (Wildman–Crippen LogP) is 2.02. The second-order valence-corrected chi connectivity index (χ2v) is 6.93. The number of carbonyl (C=O) groups excluding carboxylic acids is 1. The molecule has 5 nitrogen and oxygen atoms in total. The van der Waals surface area contributed by atoms with Gasteiger partial charge in [0, 0.05) is 25.4 Å². The van der Waals surface area contributed by atoms with Crippen LogP contribution in [0, 0.1) is 5.92 Å². The lowest BCUT2D eigenvalue weighted by molar-refractivity contribution is -0.144. The van der Waals surface area contributed by atoms with Crippen LogP contribution < -0.4 is 5.56 Å². The zero-order chi connectivity index (χ0) is 16.2. The van der Waals surface area contributed by atoms with Gasteiger partial charge in [0.05, 0.1) is 0 Å². The van der Waals surface area contributed by atoms with Crippen LogP contribution in [0.5, 0.6) is 0 Å². The van der Waals surface area contributed by atoms with Crippen LogP contribution in [-0.4, -0.2) is 40.1 Å². The smallest absolute Gasteiger partial charge is 0.251 e. The van der Waals surface area contributed by atoms with E-state index in [1.54, 1.807) is 12.3 Å². The van der Waals surface area contributed by atoms with Crippen molar-refractivity contribution in [3.63, 3.8) is 0 Å². The Balaban J connectivity index is 1.55. The van der Waals surface area contributed by atoms with Crippen molar-refractivity contribution in [1.82, 2.24) is 9.88 Å². The average molecular weight is 318 g/mol. The minimum atomic E-state index is -0.827. The fourth-order valence-electron chi connectivity index (χ4n) is 3.99. The van der Waals surface area contributed by atoms with Crippen LogP contribution in [-0.2, 0) is 4.79 Å². The quantitative estimate of drug-likeness (QED) is 0.895. The largest absolute Gasteiger partial charge is 0.383 e. The van der Waals surface area contributed by atoms with Gasteiger partial charge in [-0.2, -0.15) is 0 Å². The standard InChI is InChI=1S/C18H26N2O3/c21-16-12-15(6-9-19-16)13-7-10-20(11-8-13)18(23)17(22)14-4-2-1-3-5-14/h6,9,12-14,17,22H,1-5,7-8,10-11H2,(H,19,21)/t17-/m1/s1. The molecule has 0 aromatic carbocycles. The number of piperidine rings is 1. The lowest BCUT2D eigenvalue weighted by Gasteiger charge is -2.35. The molecule has 2 heterocycles. The van der Waals surface area contributed by atoms with Gasteiger partial charge in [-0.25, -0.2) is 0 Å². The molecule has 2 N–H and O–H groups in total. The molecule has 1 saturated heterocycles. The molecular formula is C18H26N2O3. The van der Waals surface area contributed by atoms with Crippen molar-refractivity contribution < 1.29 is 9.90 Å². The number of aromatic nitrogens is 1. The average Bonchev–Trinajstić information content (AvgIpc) is 2.61. The molecule has 1 aromatic rings. The minimum Gasteiger partial charge on any atom is -0.383 e. The number of nitrogens with zero attached hydrogens (tertiary/aromatic N) is 1. The number of amides is 1. The van der Waals surface area contributed by atoms with E-state index in [4.69, 9.17) is 0 Å². The third-order valence-corrected chi connectivity index (χ3v) is 5.43. The first-order chi connectivity index (χ1) is 11.1. The Labute approximate surface area is 136 Å². The Hall–Kier alpha value is -1.62. The molecule has 1 saturated carbocycles. The van der Waals surface area contributed by atoms with Crippen LogP contribution in [0.1, 0.15) is 56.4 Å². The number of aliphatic hydroxyl groups is 1. The molecule has 0 unspecified atom stereocenters. The van der Waals surface area contributed by atoms with Gasteiger partial charge >= 0.3 is 0 Å². The van der Waals surface area contributed by atoms with Crippen LogP contribution in [0.25, 0.3) is 0 Å². The number of carbonyl (C=O) groups is 1. The first-order valence-electron chi connectivity index (χ1n) is 8.80. The van der Waals surface area contributed by atoms with Crippen molar-refractivity contribution in [2.45, 2.75) is 57.0 Å². The van der Waals surface area contributed by atoms with E-state index in [9.17, 15) is 14.7 Å². The summed E-state index contributed by atoms with van der Waals surface area (Å²) in [4.78, 5) is 28.4. The molecular weight excluding hydrogens is 292 g/mol. The van der Waals surface area contributed by atoms with E-state index in [-0.39, 0.29) is 17.4 Å². The van der Waals surface area contributed by atoms with Gasteiger partial charge < -0.3 is 15.0 Å². The Kier molecular flexibility index (Phi) is 5.16. The Morgan fingerprint density at radius 2 is 1.87 bits per heavy atom. The summed E-state index contributed by atoms with van der Waals surface area (Å²) in [6.07, 6.45) is 7.97. The molecule has 1 aliphatic heterocycles. The molecule has 23 heavy (non-hydrogen) atoms. The van der Waals surface area contributed by atoms with Crippen molar-refractivity contribution in [3.05, 3.63) is 34.2 Å². The lowest BCUT2D eigenvalue weighted by Crippen LogP contribution is -2.46. The topological polar surface area (TPSA) is 73.4 Å². The highest BCUT2D eigenvalue weighted by Crippen LogP contribution is 2.30. The third kappa shape index (κ3) is 3.83. The number of hydrogen-bond acceptors (Lipinski definition) is 3. The van der Waals surface area contributed by atoms with Gasteiger partial charge in [0.15, 0.2) is 0 Å². The maximum atomic E-state index is 12.5. The van der Waals surface area contributed by atoms with Gasteiger partial charge in [-0.15, -0.1) is 0 Å². The van der Waals surface area contributed by atoms with Gasteiger partial charge in [-0.3, -0.25) is 9.59 Å². The summed E-state index contributed by atoms with van der Waals surface area (Å²) in [5.41, 5.74) is 0.974. The van der Waals surface area contributed by atoms with Crippen molar-refractivity contribution in [1.29, 1.82) is 0 Å². The number of nitrogens with one attached hydrogen (secondary N) is 1. The lowest BCUT2D eigenvalue weighted by atomic mass is 9.84. The Bertz CT molecular complexity index is 584. The SMILES string of the molecule is O=C([C@H](O)C1CCCCC1)N1CCC(c2cc[nH]c(=O)c2)CC1. The second kappa shape index (κ2) is 7.30. The molecule has 3 rings (SSSR count). The normalized spacial score (nSPS) is 22.0. The number of aliphatic hydroxyl groups excluding tert-OH is 1. The van der Waals surface area contributed by atoms with Crippen molar-refractivity contribution >= 4 is 5.91 Å². The van der Waals surface area contributed by atoms with E-state index in [1.807, 2.05) is 11.0 Å². The Morgan fingerprint density at radius 3 is 2.52 bits per heavy atom. The highest BCUT2D eigenvalue weighted by Gasteiger charge is 2.32. The van der Waals surface area contributed by atoms with E-state index >= 15 is 0 Å². The van der Waals surface area contributed by atoms with E-state index in [1.165, 1.54) is 6.42 Å². The van der Waals surface area contributed by atoms with Gasteiger partial charge in [-0.1, -0.05) is 19.3 Å². The van der Waals surface area contributed by atoms with Crippen molar-refractivity contribution in [2.75, 3.05) is 13.1 Å². The molecule has 0 bridgehead atoms. The predicted molar refractivity (Wildman–Crippen MR) is 88.2 cm³/mol. The van der Waals surface area contributed by atoms with Crippen LogP contribution in [0.3, 0.4) is 0 Å². The first-order valence-corrected chi connectivity index (χ1v) is 8.80. The molecule has 1 amide bonds. The molecule has 2 fully saturated rings. The van der Waals surface area contributed by atoms with Gasteiger partial charge in [0.1, 0.15) is 6.10 Å². The summed E-state index contributed by atoms with van der Waals surface area (Å²) < 4.78 is 0. The van der Waals surface area contributed by atoms with Crippen LogP contribution in [0.4, 0.5) is 0 Å². The maximum absolute atomic E-state index is 12.5. The van der Waals surface area contributed by atoms with Crippen molar-refractivity contribution in [2.24, 2.45) is 5.92 Å². The molecule has 0 radical (unpaired) electrons. The number of pyridine rings is 1. The Morgan fingerprint density at radius 1 is 1.17 bits per heavy atom. The number of H-pyrrole nitrogens is 1. The maximum Gasteiger partial charge on any atom is 0.251 e. The monoisotopic (exact) mass is 318 g/mol. The molecule has 0 spiro atoms. The van der Waals surface area contributed by atoms with E-state index < -0.39 is 6.10 Å². The molecule has 126 valence electrons. The van der Waals surface area contributed by atoms with Gasteiger partial charge in [-0.05, 0) is 49.1 Å². The van der Waals surface area contributed by atoms with Crippen LogP contribution in [0.15, 0.2) is 23.1 Å². The fourth-order valence-corrected chi connectivity index (χ4v) is 3.99. The van der Waals surface area contributed by atoms with E-state index in [2.05, 4.69) is 4.98 Å². The van der Waals surface area contributed by atoms with Gasteiger partial charge in [0.25, 0.3) is 5.91 Å². The molecule has 5 heteroatoms. The number of aromatic amines is 1. The zero-order valence-corrected chi connectivity index (χ0v) is 13.5. The third-order valence-electron chi connectivity index (χ3n) is 5.43. The van der Waals surface area contributed by atoms with Crippen LogP contribution >= 0.6 is 0 Å². The molecule has 1 aliphatic carbocycles. The van der Waals surface area contributed by atoms with Crippen molar-refractivity contribution in [3.8, 4) is 0 Å². The van der Waals surface area contributed by atoms with Crippen LogP contribution in [0.2, 0.25) is 0 Å². The summed E-state index contributed by atoms with van der Waals surface area (Å²) >= 11 is 0. The molecule has 2 aliphatic rings. The van der Waals surface area contributed by atoms with E-state index in [0.717, 1.165) is 44.1 Å². The fraction of sp³-hybridized carbons (Fsp3) is 0.667. The summed E-state index contributed by atoms with van der Waals surface area (Å²) in [5, 5.41) is 10.4. The number of rotatable bonds is 3. The molecule has 1 atom stereocenters. The highest BCUT2D eigenvalue weighted by atomic mass is 16.3. The molecule has 1 aromatic heterocycles. The van der Waals surface area contributed by atoms with E-state index in [0.29, 0.717) is 19.0 Å².